The van der Waals surface area contributed by atoms with Gasteiger partial charge in [0.25, 0.3) is 0 Å². The van der Waals surface area contributed by atoms with Crippen LogP contribution < -0.4 is 0 Å². The molecule has 4 heterocycles. The standard InChI is InChI=1S/C34H42O11/c1-9-17(2)29(38)44-28-25-27(42-18(3)35)30(4,5)21(14-23(36)40-8)32(7)20-10-12-31(6)22(33(20,28)45-34(25,32)39)15-24(37)43-26(31)19-11-13-41-16-19/h9,11,13,15-16,20-21,25-28,39H,10,12,14H2,1-8H3. The summed E-state index contributed by atoms with van der Waals surface area (Å²) in [5.41, 5.74) is -2.87. The first-order valence-electron chi connectivity index (χ1n) is 15.5. The van der Waals surface area contributed by atoms with E-state index in [4.69, 9.17) is 28.1 Å². The zero-order chi connectivity index (χ0) is 32.9. The number of carbonyl (C=O) groups excluding carboxylic acids is 4. The fraction of sp³-hybridized carbons (Fsp3) is 0.647. The van der Waals surface area contributed by atoms with E-state index in [1.807, 2.05) is 27.7 Å². The SMILES string of the molecule is CC=C(C)C(=O)OC1C2C(OC(C)=O)C(C)(C)C(CC(=O)OC)C3(C)C4CCC5(C)C(=CC(=O)OC5c5ccoc5)C14OC23O. The Balaban J connectivity index is 1.63. The van der Waals surface area contributed by atoms with E-state index in [0.717, 1.165) is 0 Å². The largest absolute Gasteiger partial charge is 0.472 e. The minimum Gasteiger partial charge on any atom is -0.472 e. The van der Waals surface area contributed by atoms with Crippen LogP contribution in [0.1, 0.15) is 79.4 Å². The molecular weight excluding hydrogens is 584 g/mol. The van der Waals surface area contributed by atoms with Crippen LogP contribution in [0, 0.1) is 34.0 Å². The number of carbonyl (C=O) groups is 4. The molecule has 10 atom stereocenters. The molecule has 1 spiro atoms. The Labute approximate surface area is 262 Å². The van der Waals surface area contributed by atoms with Crippen LogP contribution >= 0.6 is 0 Å². The Kier molecular flexibility index (Phi) is 7.03. The highest BCUT2D eigenvalue weighted by atomic mass is 16.7. The third-order valence-electron chi connectivity index (χ3n) is 12.0. The number of hydrogen-bond donors (Lipinski definition) is 1. The summed E-state index contributed by atoms with van der Waals surface area (Å²) in [6.45, 7) is 12.3. The fourth-order valence-corrected chi connectivity index (χ4v) is 9.94. The number of methoxy groups -OCH3 is 1. The Morgan fingerprint density at radius 2 is 1.82 bits per heavy atom. The first-order valence-corrected chi connectivity index (χ1v) is 15.5. The maximum absolute atomic E-state index is 13.6. The van der Waals surface area contributed by atoms with Gasteiger partial charge in [0.1, 0.15) is 23.9 Å². The van der Waals surface area contributed by atoms with Crippen LogP contribution in [0.3, 0.4) is 0 Å². The smallest absolute Gasteiger partial charge is 0.333 e. The van der Waals surface area contributed by atoms with E-state index < -0.39 is 87.6 Å². The summed E-state index contributed by atoms with van der Waals surface area (Å²) < 4.78 is 35.8. The molecule has 5 aliphatic rings. The van der Waals surface area contributed by atoms with Gasteiger partial charge >= 0.3 is 23.9 Å². The monoisotopic (exact) mass is 626 g/mol. The van der Waals surface area contributed by atoms with Crippen LogP contribution in [0.15, 0.2) is 46.3 Å². The number of cyclic esters (lactones) is 1. The van der Waals surface area contributed by atoms with Gasteiger partial charge in [-0.1, -0.05) is 33.8 Å². The molecule has 2 saturated heterocycles. The maximum atomic E-state index is 13.6. The normalized spacial score (nSPS) is 42.6. The van der Waals surface area contributed by atoms with Crippen LogP contribution in [0.4, 0.5) is 0 Å². The quantitative estimate of drug-likeness (QED) is 0.273. The van der Waals surface area contributed by atoms with Gasteiger partial charge in [-0.3, -0.25) is 9.59 Å². The molecule has 3 aliphatic heterocycles. The topological polar surface area (TPSA) is 148 Å². The van der Waals surface area contributed by atoms with Gasteiger partial charge in [0.05, 0.1) is 25.6 Å². The molecule has 6 rings (SSSR count). The molecule has 244 valence electrons. The number of rotatable bonds is 6. The molecule has 1 N–H and O–H groups in total. The lowest BCUT2D eigenvalue weighted by Gasteiger charge is -2.66. The zero-order valence-corrected chi connectivity index (χ0v) is 27.0. The number of furan rings is 1. The van der Waals surface area contributed by atoms with Crippen molar-refractivity contribution in [1.82, 2.24) is 0 Å². The number of fused-ring (bicyclic) bond motifs is 2. The van der Waals surface area contributed by atoms with E-state index >= 15 is 0 Å². The van der Waals surface area contributed by atoms with Crippen molar-refractivity contribution in [2.24, 2.45) is 34.0 Å². The van der Waals surface area contributed by atoms with Gasteiger partial charge in [-0.15, -0.1) is 0 Å². The lowest BCUT2D eigenvalue weighted by Crippen LogP contribution is -2.76. The summed E-state index contributed by atoms with van der Waals surface area (Å²) in [6, 6.07) is 1.74. The van der Waals surface area contributed by atoms with Crippen molar-refractivity contribution in [3.63, 3.8) is 0 Å². The van der Waals surface area contributed by atoms with Gasteiger partial charge in [-0.25, -0.2) is 9.59 Å². The highest BCUT2D eigenvalue weighted by molar-refractivity contribution is 5.88. The average molecular weight is 627 g/mol. The van der Waals surface area contributed by atoms with E-state index in [0.29, 0.717) is 29.6 Å². The number of aliphatic hydroxyl groups is 1. The summed E-state index contributed by atoms with van der Waals surface area (Å²) in [5, 5.41) is 13.0. The molecule has 10 unspecified atom stereocenters. The van der Waals surface area contributed by atoms with E-state index in [-0.39, 0.29) is 6.42 Å². The fourth-order valence-electron chi connectivity index (χ4n) is 9.94. The molecule has 45 heavy (non-hydrogen) atoms. The highest BCUT2D eigenvalue weighted by Gasteiger charge is 2.90. The molecule has 4 fully saturated rings. The molecular formula is C34H42O11. The lowest BCUT2D eigenvalue weighted by atomic mass is 9.37. The number of hydrogen-bond acceptors (Lipinski definition) is 11. The molecule has 2 aliphatic carbocycles. The van der Waals surface area contributed by atoms with Crippen molar-refractivity contribution in [2.45, 2.75) is 97.4 Å². The number of ether oxygens (including phenoxy) is 5. The summed E-state index contributed by atoms with van der Waals surface area (Å²) >= 11 is 0. The minimum atomic E-state index is -2.03. The Hall–Kier alpha value is -3.44. The van der Waals surface area contributed by atoms with Gasteiger partial charge < -0.3 is 33.2 Å². The Morgan fingerprint density at radius 3 is 2.42 bits per heavy atom. The molecule has 0 amide bonds. The van der Waals surface area contributed by atoms with Gasteiger partial charge in [0, 0.05) is 52.7 Å². The van der Waals surface area contributed by atoms with Crippen molar-refractivity contribution in [2.75, 3.05) is 7.11 Å². The third-order valence-corrected chi connectivity index (χ3v) is 12.0. The zero-order valence-electron chi connectivity index (χ0n) is 27.0. The highest BCUT2D eigenvalue weighted by Crippen LogP contribution is 2.81. The summed E-state index contributed by atoms with van der Waals surface area (Å²) in [4.78, 5) is 52.6. The molecule has 1 aromatic heterocycles. The van der Waals surface area contributed by atoms with Crippen LogP contribution in [0.2, 0.25) is 0 Å². The Morgan fingerprint density at radius 1 is 1.11 bits per heavy atom. The van der Waals surface area contributed by atoms with Crippen molar-refractivity contribution >= 4 is 23.9 Å². The molecule has 0 aromatic carbocycles. The van der Waals surface area contributed by atoms with Crippen molar-refractivity contribution in [3.05, 3.63) is 47.5 Å². The summed E-state index contributed by atoms with van der Waals surface area (Å²) in [6.07, 6.45) is 4.05. The number of allylic oxidation sites excluding steroid dienone is 1. The summed E-state index contributed by atoms with van der Waals surface area (Å²) in [7, 11) is 1.31. The van der Waals surface area contributed by atoms with Gasteiger partial charge in [-0.05, 0) is 44.2 Å². The third kappa shape index (κ3) is 3.89. The maximum Gasteiger partial charge on any atom is 0.333 e. The van der Waals surface area contributed by atoms with Crippen LogP contribution in [0.5, 0.6) is 0 Å². The molecule has 0 radical (unpaired) electrons. The van der Waals surface area contributed by atoms with Crippen molar-refractivity contribution in [3.8, 4) is 0 Å². The van der Waals surface area contributed by atoms with Gasteiger partial charge in [-0.2, -0.15) is 0 Å². The predicted molar refractivity (Wildman–Crippen MR) is 156 cm³/mol. The lowest BCUT2D eigenvalue weighted by molar-refractivity contribution is -0.325. The van der Waals surface area contributed by atoms with Crippen LogP contribution in [-0.2, 0) is 42.9 Å². The van der Waals surface area contributed by atoms with E-state index in [1.165, 1.54) is 32.6 Å². The second-order valence-electron chi connectivity index (χ2n) is 14.3. The summed E-state index contributed by atoms with van der Waals surface area (Å²) in [5.74, 6) is -6.52. The Bertz CT molecular complexity index is 1510. The van der Waals surface area contributed by atoms with E-state index in [1.54, 1.807) is 26.0 Å². The van der Waals surface area contributed by atoms with E-state index in [2.05, 4.69) is 0 Å². The first kappa shape index (κ1) is 31.5. The van der Waals surface area contributed by atoms with Gasteiger partial charge in [0.2, 0.25) is 0 Å². The second kappa shape index (κ2) is 10.0. The minimum absolute atomic E-state index is 0.0825. The molecule has 1 aromatic rings. The molecule has 11 heteroatoms. The second-order valence-corrected chi connectivity index (χ2v) is 14.3. The molecule has 2 bridgehead atoms. The van der Waals surface area contributed by atoms with Crippen molar-refractivity contribution < 1.29 is 52.4 Å². The average Bonchev–Trinajstić information content (AvgIpc) is 3.64. The first-order chi connectivity index (χ1) is 21.0. The molecule has 2 saturated carbocycles. The van der Waals surface area contributed by atoms with Crippen LogP contribution in [-0.4, -0.2) is 59.7 Å². The van der Waals surface area contributed by atoms with Gasteiger partial charge in [0.15, 0.2) is 5.79 Å². The molecule has 11 nitrogen and oxygen atoms in total. The van der Waals surface area contributed by atoms with Crippen molar-refractivity contribution in [1.29, 1.82) is 0 Å². The van der Waals surface area contributed by atoms with E-state index in [9.17, 15) is 24.3 Å². The predicted octanol–water partition coefficient (Wildman–Crippen LogP) is 4.34. The van der Waals surface area contributed by atoms with Crippen LogP contribution in [0.25, 0.3) is 0 Å². The number of esters is 4.